The van der Waals surface area contributed by atoms with Crippen molar-refractivity contribution in [3.8, 4) is 11.3 Å². The van der Waals surface area contributed by atoms with E-state index in [1.807, 2.05) is 29.3 Å². The Bertz CT molecular complexity index is 1520. The molecular weight excluding hydrogens is 482 g/mol. The number of piperazine rings is 1. The van der Waals surface area contributed by atoms with Crippen molar-refractivity contribution in [2.75, 3.05) is 13.1 Å². The number of fused-ring (bicyclic) bond motifs is 2. The molecule has 0 unspecified atom stereocenters. The van der Waals surface area contributed by atoms with Crippen LogP contribution in [0.5, 0.6) is 0 Å². The third-order valence-electron chi connectivity index (χ3n) is 7.40. The molecule has 0 spiro atoms. The number of rotatable bonds is 7. The molecule has 4 heterocycles. The molecule has 1 amide bonds. The van der Waals surface area contributed by atoms with E-state index >= 15 is 0 Å². The summed E-state index contributed by atoms with van der Waals surface area (Å²) in [4.78, 5) is 29.4. The van der Waals surface area contributed by atoms with E-state index in [4.69, 9.17) is 11.6 Å². The van der Waals surface area contributed by atoms with Crippen LogP contribution in [0.25, 0.3) is 33.1 Å². The Kier molecular flexibility index (Phi) is 6.45. The van der Waals surface area contributed by atoms with Gasteiger partial charge in [0.05, 0.1) is 18.3 Å². The second-order valence-electron chi connectivity index (χ2n) is 9.82. The topological polar surface area (TPSA) is 68.0 Å². The van der Waals surface area contributed by atoms with Gasteiger partial charge in [-0.1, -0.05) is 55.3 Å². The van der Waals surface area contributed by atoms with Gasteiger partial charge in [0, 0.05) is 64.6 Å². The summed E-state index contributed by atoms with van der Waals surface area (Å²) in [6.45, 7) is 4.98. The van der Waals surface area contributed by atoms with Gasteiger partial charge in [0.1, 0.15) is 0 Å². The molecule has 6 nitrogen and oxygen atoms in total. The number of nitrogens with one attached hydrogen (secondary N) is 2. The third-order valence-corrected chi connectivity index (χ3v) is 7.65. The Hall–Kier alpha value is -3.61. The number of carbonyl (C=O) groups is 1. The highest BCUT2D eigenvalue weighted by Crippen LogP contribution is 2.33. The van der Waals surface area contributed by atoms with Crippen molar-refractivity contribution in [1.82, 2.24) is 24.8 Å². The lowest BCUT2D eigenvalue weighted by Crippen LogP contribution is -2.56. The Balaban J connectivity index is 1.28. The Morgan fingerprint density at radius 2 is 1.84 bits per heavy atom. The van der Waals surface area contributed by atoms with Gasteiger partial charge in [0.25, 0.3) is 0 Å². The summed E-state index contributed by atoms with van der Waals surface area (Å²) in [5, 5.41) is 2.99. The summed E-state index contributed by atoms with van der Waals surface area (Å²) < 4.78 is 0. The highest BCUT2D eigenvalue weighted by molar-refractivity contribution is 6.30. The highest BCUT2D eigenvalue weighted by atomic mass is 35.5. The molecule has 188 valence electrons. The number of H-pyrrole nitrogens is 2. The molecule has 6 rings (SSSR count). The molecule has 37 heavy (non-hydrogen) atoms. The molecule has 3 aromatic heterocycles. The van der Waals surface area contributed by atoms with Gasteiger partial charge < -0.3 is 14.9 Å². The van der Waals surface area contributed by atoms with Crippen LogP contribution in [0.4, 0.5) is 0 Å². The summed E-state index contributed by atoms with van der Waals surface area (Å²) in [5.74, 6) is 0.206. The van der Waals surface area contributed by atoms with Crippen molar-refractivity contribution in [2.45, 2.75) is 38.9 Å². The van der Waals surface area contributed by atoms with Crippen molar-refractivity contribution in [3.05, 3.63) is 89.3 Å². The van der Waals surface area contributed by atoms with Crippen LogP contribution < -0.4 is 0 Å². The van der Waals surface area contributed by atoms with E-state index < -0.39 is 0 Å². The van der Waals surface area contributed by atoms with Gasteiger partial charge in [-0.15, -0.1) is 0 Å². The van der Waals surface area contributed by atoms with Crippen LogP contribution in [0.3, 0.4) is 0 Å². The van der Waals surface area contributed by atoms with E-state index in [-0.39, 0.29) is 11.9 Å². The first kappa shape index (κ1) is 23.8. The number of amides is 1. The van der Waals surface area contributed by atoms with Gasteiger partial charge in [-0.2, -0.15) is 0 Å². The highest BCUT2D eigenvalue weighted by Gasteiger charge is 2.35. The van der Waals surface area contributed by atoms with E-state index in [2.05, 4.69) is 69.2 Å². The smallest absolute Gasteiger partial charge is 0.240 e. The van der Waals surface area contributed by atoms with Crippen LogP contribution in [0.1, 0.15) is 31.0 Å². The monoisotopic (exact) mass is 511 g/mol. The predicted molar refractivity (Wildman–Crippen MR) is 149 cm³/mol. The van der Waals surface area contributed by atoms with Crippen LogP contribution in [0, 0.1) is 0 Å². The van der Waals surface area contributed by atoms with Gasteiger partial charge in [-0.25, -0.2) is 0 Å². The van der Waals surface area contributed by atoms with E-state index in [0.717, 1.165) is 57.8 Å². The maximum absolute atomic E-state index is 13.8. The van der Waals surface area contributed by atoms with Crippen molar-refractivity contribution >= 4 is 39.3 Å². The minimum atomic E-state index is -0.142. The summed E-state index contributed by atoms with van der Waals surface area (Å²) in [6.07, 6.45) is 5.43. The molecule has 0 saturated carbocycles. The molecule has 2 N–H and O–H groups in total. The maximum Gasteiger partial charge on any atom is 0.240 e. The van der Waals surface area contributed by atoms with Crippen LogP contribution in [-0.4, -0.2) is 49.8 Å². The van der Waals surface area contributed by atoms with Crippen molar-refractivity contribution in [1.29, 1.82) is 0 Å². The fourth-order valence-electron chi connectivity index (χ4n) is 5.56. The molecule has 0 bridgehead atoms. The van der Waals surface area contributed by atoms with Gasteiger partial charge in [-0.05, 0) is 47.9 Å². The summed E-state index contributed by atoms with van der Waals surface area (Å²) in [6, 6.07) is 20.3. The zero-order chi connectivity index (χ0) is 25.4. The van der Waals surface area contributed by atoms with E-state index in [1.54, 1.807) is 6.20 Å². The van der Waals surface area contributed by atoms with Crippen molar-refractivity contribution in [2.24, 2.45) is 0 Å². The zero-order valence-corrected chi connectivity index (χ0v) is 21.6. The Morgan fingerprint density at radius 1 is 1.00 bits per heavy atom. The number of aromatic amines is 2. The number of nitrogens with zero attached hydrogens (tertiary/aromatic N) is 3. The number of carbonyl (C=O) groups excluding carboxylic acids is 1. The van der Waals surface area contributed by atoms with Crippen molar-refractivity contribution < 1.29 is 4.79 Å². The quantitative estimate of drug-likeness (QED) is 0.266. The zero-order valence-electron chi connectivity index (χ0n) is 20.9. The molecular formula is C30H30ClN5O. The summed E-state index contributed by atoms with van der Waals surface area (Å²) >= 11 is 6.17. The Morgan fingerprint density at radius 3 is 2.65 bits per heavy atom. The number of hydrogen-bond acceptors (Lipinski definition) is 3. The molecule has 0 radical (unpaired) electrons. The Labute approximate surface area is 221 Å². The third kappa shape index (κ3) is 4.63. The molecule has 7 heteroatoms. The number of pyridine rings is 1. The van der Waals surface area contributed by atoms with Crippen molar-refractivity contribution in [3.63, 3.8) is 0 Å². The van der Waals surface area contributed by atoms with Gasteiger partial charge in [-0.3, -0.25) is 14.7 Å². The van der Waals surface area contributed by atoms with Crippen LogP contribution in [0.2, 0.25) is 5.02 Å². The number of hydrogen-bond donors (Lipinski definition) is 2. The predicted octanol–water partition coefficient (Wildman–Crippen LogP) is 6.38. The molecule has 0 aliphatic carbocycles. The van der Waals surface area contributed by atoms with Gasteiger partial charge >= 0.3 is 0 Å². The lowest BCUT2D eigenvalue weighted by Gasteiger charge is -2.40. The second-order valence-corrected chi connectivity index (χ2v) is 10.3. The lowest BCUT2D eigenvalue weighted by atomic mass is 10.0. The number of benzene rings is 2. The lowest BCUT2D eigenvalue weighted by molar-refractivity contribution is -0.143. The minimum absolute atomic E-state index is 0.142. The van der Waals surface area contributed by atoms with Crippen LogP contribution in [0.15, 0.2) is 73.1 Å². The molecule has 1 fully saturated rings. The van der Waals surface area contributed by atoms with E-state index in [1.165, 1.54) is 10.9 Å². The van der Waals surface area contributed by atoms with Gasteiger partial charge in [0.2, 0.25) is 5.91 Å². The minimum Gasteiger partial charge on any atom is -0.357 e. The van der Waals surface area contributed by atoms with Crippen LogP contribution in [-0.2, 0) is 17.9 Å². The average Bonchev–Trinajstić information content (AvgIpc) is 3.49. The molecule has 1 aliphatic heterocycles. The molecule has 1 atom stereocenters. The largest absolute Gasteiger partial charge is 0.357 e. The van der Waals surface area contributed by atoms with E-state index in [0.29, 0.717) is 19.6 Å². The number of halogens is 1. The van der Waals surface area contributed by atoms with Gasteiger partial charge in [0.15, 0.2) is 0 Å². The SMILES string of the molecule is CCC[C@H]1C(=O)N(Cc2cc3cnccc3[nH]2)CCN1Cc1c(-c2ccc(Cl)cc2)[nH]c2ccccc12. The average molecular weight is 512 g/mol. The fourth-order valence-corrected chi connectivity index (χ4v) is 5.69. The first-order chi connectivity index (χ1) is 18.1. The summed E-state index contributed by atoms with van der Waals surface area (Å²) in [7, 11) is 0. The first-order valence-corrected chi connectivity index (χ1v) is 13.3. The molecule has 5 aromatic rings. The molecule has 2 aromatic carbocycles. The molecule has 1 saturated heterocycles. The fraction of sp³-hybridized carbons (Fsp3) is 0.267. The summed E-state index contributed by atoms with van der Waals surface area (Å²) in [5.41, 5.74) is 6.61. The maximum atomic E-state index is 13.8. The first-order valence-electron chi connectivity index (χ1n) is 12.9. The molecule has 1 aliphatic rings. The second kappa shape index (κ2) is 10.0. The normalized spacial score (nSPS) is 16.8. The van der Waals surface area contributed by atoms with Crippen LogP contribution >= 0.6 is 11.6 Å². The number of aromatic nitrogens is 3. The van der Waals surface area contributed by atoms with E-state index in [9.17, 15) is 4.79 Å². The standard InChI is InChI=1S/C30H30ClN5O/c1-2-5-28-30(37)36(18-23-16-21-17-32-13-12-26(21)33-23)15-14-35(28)19-25-24-6-3-4-7-27(24)34-29(25)20-8-10-22(31)11-9-20/h3-4,6-13,16-17,28,33-34H,2,5,14-15,18-19H2,1H3/t28-/m0/s1. The number of para-hydroxylation sites is 1.